The SMILES string of the molecule is Cc1nc(SC(C(=O)NC2CC2)c2ccccc2)oc1C. The van der Waals surface area contributed by atoms with Crippen LogP contribution in [0.4, 0.5) is 0 Å². The fourth-order valence-electron chi connectivity index (χ4n) is 2.00. The minimum Gasteiger partial charge on any atom is -0.437 e. The molecule has 2 aromatic rings. The van der Waals surface area contributed by atoms with E-state index in [1.807, 2.05) is 44.2 Å². The van der Waals surface area contributed by atoms with Gasteiger partial charge in [0.1, 0.15) is 11.0 Å². The first-order chi connectivity index (χ1) is 10.1. The van der Waals surface area contributed by atoms with Crippen molar-refractivity contribution in [1.29, 1.82) is 0 Å². The van der Waals surface area contributed by atoms with Gasteiger partial charge >= 0.3 is 0 Å². The molecule has 0 spiro atoms. The maximum Gasteiger partial charge on any atom is 0.257 e. The Labute approximate surface area is 128 Å². The molecule has 1 atom stereocenters. The lowest BCUT2D eigenvalue weighted by Crippen LogP contribution is -2.29. The minimum absolute atomic E-state index is 0.0298. The summed E-state index contributed by atoms with van der Waals surface area (Å²) in [4.78, 5) is 16.9. The summed E-state index contributed by atoms with van der Waals surface area (Å²) in [6, 6.07) is 10.1. The first-order valence-corrected chi connectivity index (χ1v) is 7.97. The van der Waals surface area contributed by atoms with Crippen LogP contribution in [0.25, 0.3) is 0 Å². The van der Waals surface area contributed by atoms with E-state index in [0.29, 0.717) is 11.3 Å². The summed E-state index contributed by atoms with van der Waals surface area (Å²) in [5.74, 6) is 0.828. The number of benzene rings is 1. The number of aryl methyl sites for hydroxylation is 2. The Bertz CT molecular complexity index is 615. The van der Waals surface area contributed by atoms with Crippen molar-refractivity contribution in [3.63, 3.8) is 0 Å². The number of thioether (sulfide) groups is 1. The van der Waals surface area contributed by atoms with Gasteiger partial charge in [0.2, 0.25) is 5.91 Å². The summed E-state index contributed by atoms with van der Waals surface area (Å²) in [5, 5.41) is 3.28. The zero-order valence-electron chi connectivity index (χ0n) is 12.1. The predicted molar refractivity (Wildman–Crippen MR) is 82.2 cm³/mol. The van der Waals surface area contributed by atoms with E-state index in [1.54, 1.807) is 0 Å². The molecule has 1 aliphatic rings. The molecule has 1 saturated carbocycles. The Balaban J connectivity index is 1.82. The van der Waals surface area contributed by atoms with Gasteiger partial charge in [0, 0.05) is 6.04 Å². The molecule has 1 aliphatic carbocycles. The molecule has 1 heterocycles. The summed E-state index contributed by atoms with van der Waals surface area (Å²) < 4.78 is 5.61. The molecule has 1 N–H and O–H groups in total. The third kappa shape index (κ3) is 3.47. The topological polar surface area (TPSA) is 55.1 Å². The molecule has 0 saturated heterocycles. The molecule has 3 rings (SSSR count). The number of hydrogen-bond donors (Lipinski definition) is 1. The van der Waals surface area contributed by atoms with Crippen molar-refractivity contribution < 1.29 is 9.21 Å². The number of amides is 1. The van der Waals surface area contributed by atoms with Crippen molar-refractivity contribution in [3.8, 4) is 0 Å². The second-order valence-electron chi connectivity index (χ2n) is 5.31. The zero-order valence-corrected chi connectivity index (χ0v) is 12.9. The highest BCUT2D eigenvalue weighted by Crippen LogP contribution is 2.36. The fourth-order valence-corrected chi connectivity index (χ4v) is 3.03. The monoisotopic (exact) mass is 302 g/mol. The maximum atomic E-state index is 12.5. The minimum atomic E-state index is -0.329. The Morgan fingerprint density at radius 3 is 2.62 bits per heavy atom. The van der Waals surface area contributed by atoms with Crippen molar-refractivity contribution in [2.24, 2.45) is 0 Å². The summed E-state index contributed by atoms with van der Waals surface area (Å²) in [6.07, 6.45) is 2.16. The second-order valence-corrected chi connectivity index (χ2v) is 6.37. The number of carbonyl (C=O) groups excluding carboxylic acids is 1. The average Bonchev–Trinajstić information content (AvgIpc) is 3.23. The lowest BCUT2D eigenvalue weighted by Gasteiger charge is -2.14. The van der Waals surface area contributed by atoms with E-state index in [9.17, 15) is 4.79 Å². The third-order valence-corrected chi connectivity index (χ3v) is 4.59. The Morgan fingerprint density at radius 2 is 2.05 bits per heavy atom. The van der Waals surface area contributed by atoms with E-state index >= 15 is 0 Å². The van der Waals surface area contributed by atoms with E-state index in [0.717, 1.165) is 29.9 Å². The number of nitrogens with one attached hydrogen (secondary N) is 1. The number of aromatic nitrogens is 1. The molecular formula is C16H18N2O2S. The van der Waals surface area contributed by atoms with E-state index < -0.39 is 0 Å². The standard InChI is InChI=1S/C16H18N2O2S/c1-10-11(2)20-16(17-10)21-14(12-6-4-3-5-7-12)15(19)18-13-8-9-13/h3-7,13-14H,8-9H2,1-2H3,(H,18,19). The van der Waals surface area contributed by atoms with Crippen molar-refractivity contribution in [2.75, 3.05) is 0 Å². The number of hydrogen-bond acceptors (Lipinski definition) is 4. The van der Waals surface area contributed by atoms with E-state index in [2.05, 4.69) is 10.3 Å². The second kappa shape index (κ2) is 5.93. The molecule has 0 radical (unpaired) electrons. The molecule has 4 nitrogen and oxygen atoms in total. The molecule has 1 fully saturated rings. The van der Waals surface area contributed by atoms with Crippen LogP contribution in [0.5, 0.6) is 0 Å². The molecule has 0 bridgehead atoms. The summed E-state index contributed by atoms with van der Waals surface area (Å²) >= 11 is 1.36. The largest absolute Gasteiger partial charge is 0.437 e. The first kappa shape index (κ1) is 14.2. The number of oxazole rings is 1. The van der Waals surface area contributed by atoms with Crippen molar-refractivity contribution in [2.45, 2.75) is 43.2 Å². The van der Waals surface area contributed by atoms with Gasteiger partial charge in [0.25, 0.3) is 5.22 Å². The van der Waals surface area contributed by atoms with Gasteiger partial charge in [-0.25, -0.2) is 4.98 Å². The predicted octanol–water partition coefficient (Wildman–Crippen LogP) is 3.40. The Morgan fingerprint density at radius 1 is 1.33 bits per heavy atom. The van der Waals surface area contributed by atoms with Crippen LogP contribution < -0.4 is 5.32 Å². The quantitative estimate of drug-likeness (QED) is 0.860. The van der Waals surface area contributed by atoms with Gasteiger partial charge in [-0.2, -0.15) is 0 Å². The molecule has 110 valence electrons. The van der Waals surface area contributed by atoms with Gasteiger partial charge in [0.05, 0.1) is 5.69 Å². The lowest BCUT2D eigenvalue weighted by atomic mass is 10.1. The van der Waals surface area contributed by atoms with Crippen molar-refractivity contribution >= 4 is 17.7 Å². The van der Waals surface area contributed by atoms with E-state index in [1.165, 1.54) is 11.8 Å². The Kier molecular flexibility index (Phi) is 4.01. The summed E-state index contributed by atoms with van der Waals surface area (Å²) in [5.41, 5.74) is 1.83. The highest BCUT2D eigenvalue weighted by molar-refractivity contribution is 8.00. The molecule has 1 aromatic heterocycles. The van der Waals surface area contributed by atoms with E-state index in [-0.39, 0.29) is 11.2 Å². The van der Waals surface area contributed by atoms with Gasteiger partial charge in [0.15, 0.2) is 0 Å². The number of nitrogens with zero attached hydrogens (tertiary/aromatic N) is 1. The van der Waals surface area contributed by atoms with Crippen molar-refractivity contribution in [1.82, 2.24) is 10.3 Å². The molecule has 0 aliphatic heterocycles. The number of rotatable bonds is 5. The lowest BCUT2D eigenvalue weighted by molar-refractivity contribution is -0.120. The smallest absolute Gasteiger partial charge is 0.257 e. The van der Waals surface area contributed by atoms with Crippen molar-refractivity contribution in [3.05, 3.63) is 47.3 Å². The maximum absolute atomic E-state index is 12.5. The molecule has 21 heavy (non-hydrogen) atoms. The van der Waals surface area contributed by atoms with Gasteiger partial charge in [-0.1, -0.05) is 30.3 Å². The van der Waals surface area contributed by atoms with Crippen LogP contribution >= 0.6 is 11.8 Å². The van der Waals surface area contributed by atoms with Crippen LogP contribution in [0.1, 0.15) is 35.1 Å². The van der Waals surface area contributed by atoms with Gasteiger partial charge in [-0.05, 0) is 44.0 Å². The highest BCUT2D eigenvalue weighted by atomic mass is 32.2. The normalized spacial score (nSPS) is 15.7. The van der Waals surface area contributed by atoms with Crippen LogP contribution in [0.15, 0.2) is 40.0 Å². The molecular weight excluding hydrogens is 284 g/mol. The third-order valence-electron chi connectivity index (χ3n) is 3.49. The molecule has 5 heteroatoms. The van der Waals surface area contributed by atoms with Crippen LogP contribution in [-0.2, 0) is 4.79 Å². The fraction of sp³-hybridized carbons (Fsp3) is 0.375. The molecule has 1 unspecified atom stereocenters. The Hall–Kier alpha value is -1.75. The zero-order chi connectivity index (χ0) is 14.8. The van der Waals surface area contributed by atoms with E-state index in [4.69, 9.17) is 4.42 Å². The highest BCUT2D eigenvalue weighted by Gasteiger charge is 2.30. The average molecular weight is 302 g/mol. The summed E-state index contributed by atoms with van der Waals surface area (Å²) in [6.45, 7) is 3.79. The van der Waals surface area contributed by atoms with Crippen LogP contribution in [0.3, 0.4) is 0 Å². The van der Waals surface area contributed by atoms with Gasteiger partial charge < -0.3 is 9.73 Å². The van der Waals surface area contributed by atoms with Gasteiger partial charge in [-0.3, -0.25) is 4.79 Å². The summed E-state index contributed by atoms with van der Waals surface area (Å²) in [7, 11) is 0. The number of carbonyl (C=O) groups is 1. The van der Waals surface area contributed by atoms with Crippen LogP contribution in [0, 0.1) is 13.8 Å². The molecule has 1 amide bonds. The first-order valence-electron chi connectivity index (χ1n) is 7.09. The van der Waals surface area contributed by atoms with Crippen LogP contribution in [-0.4, -0.2) is 16.9 Å². The van der Waals surface area contributed by atoms with Crippen LogP contribution in [0.2, 0.25) is 0 Å². The molecule has 1 aromatic carbocycles. The van der Waals surface area contributed by atoms with Gasteiger partial charge in [-0.15, -0.1) is 0 Å².